The van der Waals surface area contributed by atoms with Crippen molar-refractivity contribution in [2.45, 2.75) is 26.2 Å². The first kappa shape index (κ1) is 22.9. The highest BCUT2D eigenvalue weighted by atomic mass is 16.5. The van der Waals surface area contributed by atoms with Crippen LogP contribution in [0.15, 0.2) is 48.2 Å². The van der Waals surface area contributed by atoms with E-state index in [1.54, 1.807) is 31.4 Å². The lowest BCUT2D eigenvalue weighted by atomic mass is 10.0. The van der Waals surface area contributed by atoms with Gasteiger partial charge in [0.1, 0.15) is 5.75 Å². The van der Waals surface area contributed by atoms with Gasteiger partial charge in [0.15, 0.2) is 11.5 Å². The molecule has 2 N–H and O–H groups in total. The molecule has 2 heterocycles. The Balaban J connectivity index is 1.35. The first-order chi connectivity index (χ1) is 16.0. The predicted molar refractivity (Wildman–Crippen MR) is 128 cm³/mol. The number of anilines is 1. The van der Waals surface area contributed by atoms with Gasteiger partial charge in [-0.2, -0.15) is 0 Å². The molecule has 2 amide bonds. The van der Waals surface area contributed by atoms with E-state index in [1.807, 2.05) is 24.3 Å². The lowest BCUT2D eigenvalue weighted by Gasteiger charge is -2.30. The molecular formula is C26H31N3O4. The third-order valence-electron chi connectivity index (χ3n) is 6.04. The number of para-hydroxylation sites is 1. The second-order valence-electron chi connectivity index (χ2n) is 8.68. The number of carbonyl (C=O) groups excluding carboxylic acids is 2. The number of hydrogen-bond acceptors (Lipinski definition) is 5. The van der Waals surface area contributed by atoms with Crippen molar-refractivity contribution in [2.24, 2.45) is 5.92 Å². The quantitative estimate of drug-likeness (QED) is 0.495. The van der Waals surface area contributed by atoms with Crippen molar-refractivity contribution >= 4 is 23.6 Å². The van der Waals surface area contributed by atoms with Crippen molar-refractivity contribution in [2.75, 3.05) is 38.6 Å². The van der Waals surface area contributed by atoms with Gasteiger partial charge in [-0.25, -0.2) is 0 Å². The topological polar surface area (TPSA) is 79.9 Å². The number of rotatable bonds is 7. The fourth-order valence-electron chi connectivity index (χ4n) is 4.32. The van der Waals surface area contributed by atoms with Crippen molar-refractivity contribution in [3.63, 3.8) is 0 Å². The summed E-state index contributed by atoms with van der Waals surface area (Å²) in [5.74, 6) is 1.53. The Labute approximate surface area is 194 Å². The molecule has 0 bridgehead atoms. The molecule has 33 heavy (non-hydrogen) atoms. The number of likely N-dealkylation sites (tertiary alicyclic amines) is 1. The number of amides is 2. The zero-order valence-corrected chi connectivity index (χ0v) is 19.2. The zero-order chi connectivity index (χ0) is 23.2. The minimum atomic E-state index is -0.373. The molecule has 0 unspecified atom stereocenters. The van der Waals surface area contributed by atoms with E-state index in [1.165, 1.54) is 12.8 Å². The molecule has 0 spiro atoms. The fourth-order valence-corrected chi connectivity index (χ4v) is 4.32. The third-order valence-corrected chi connectivity index (χ3v) is 6.04. The van der Waals surface area contributed by atoms with E-state index in [2.05, 4.69) is 22.5 Å². The molecule has 7 heteroatoms. The number of fused-ring (bicyclic) bond motifs is 1. The van der Waals surface area contributed by atoms with E-state index in [0.29, 0.717) is 29.3 Å². The van der Waals surface area contributed by atoms with Crippen LogP contribution in [-0.4, -0.2) is 50.0 Å². The molecule has 2 aliphatic rings. The van der Waals surface area contributed by atoms with Gasteiger partial charge in [-0.05, 0) is 68.6 Å². The highest BCUT2D eigenvalue weighted by Gasteiger charge is 2.24. The van der Waals surface area contributed by atoms with Crippen LogP contribution in [0.25, 0.3) is 6.08 Å². The highest BCUT2D eigenvalue weighted by Crippen LogP contribution is 2.33. The van der Waals surface area contributed by atoms with Crippen molar-refractivity contribution in [3.8, 4) is 11.5 Å². The molecule has 2 aromatic carbocycles. The number of methoxy groups -OCH3 is 1. The largest absolute Gasteiger partial charge is 0.496 e. The smallest absolute Gasteiger partial charge is 0.291 e. The maximum atomic E-state index is 12.6. The number of carbonyl (C=O) groups is 2. The van der Waals surface area contributed by atoms with E-state index in [9.17, 15) is 9.59 Å². The van der Waals surface area contributed by atoms with Gasteiger partial charge >= 0.3 is 0 Å². The van der Waals surface area contributed by atoms with E-state index in [4.69, 9.17) is 9.47 Å². The van der Waals surface area contributed by atoms with Crippen LogP contribution in [-0.2, 0) is 4.79 Å². The average Bonchev–Trinajstić information content (AvgIpc) is 2.82. The van der Waals surface area contributed by atoms with Gasteiger partial charge in [0.25, 0.3) is 11.8 Å². The van der Waals surface area contributed by atoms with Crippen LogP contribution in [0.2, 0.25) is 0 Å². The monoisotopic (exact) mass is 449 g/mol. The fraction of sp³-hybridized carbons (Fsp3) is 0.385. The van der Waals surface area contributed by atoms with E-state index < -0.39 is 0 Å². The Morgan fingerprint density at radius 1 is 1.30 bits per heavy atom. The Hall–Kier alpha value is -3.32. The second-order valence-corrected chi connectivity index (χ2v) is 8.68. The summed E-state index contributed by atoms with van der Waals surface area (Å²) in [5.41, 5.74) is 1.71. The lowest BCUT2D eigenvalue weighted by Crippen LogP contribution is -2.36. The summed E-state index contributed by atoms with van der Waals surface area (Å²) in [4.78, 5) is 27.6. The summed E-state index contributed by atoms with van der Waals surface area (Å²) in [6.45, 7) is 6.21. The van der Waals surface area contributed by atoms with Gasteiger partial charge in [-0.15, -0.1) is 0 Å². The van der Waals surface area contributed by atoms with Crippen molar-refractivity contribution in [1.29, 1.82) is 0 Å². The van der Waals surface area contributed by atoms with Gasteiger partial charge in [0, 0.05) is 24.2 Å². The molecule has 1 fully saturated rings. The van der Waals surface area contributed by atoms with Crippen LogP contribution < -0.4 is 20.1 Å². The first-order valence-electron chi connectivity index (χ1n) is 11.5. The van der Waals surface area contributed by atoms with Crippen LogP contribution in [0.5, 0.6) is 11.5 Å². The van der Waals surface area contributed by atoms with E-state index in [-0.39, 0.29) is 17.6 Å². The molecule has 0 radical (unpaired) electrons. The lowest BCUT2D eigenvalue weighted by molar-refractivity contribution is -0.115. The minimum Gasteiger partial charge on any atom is -0.496 e. The molecule has 0 aromatic heterocycles. The number of benzene rings is 2. The van der Waals surface area contributed by atoms with Gasteiger partial charge in [0.05, 0.1) is 12.8 Å². The normalized spacial score (nSPS) is 19.4. The summed E-state index contributed by atoms with van der Waals surface area (Å²) in [6.07, 6.45) is 5.12. The second kappa shape index (κ2) is 10.5. The third kappa shape index (κ3) is 5.73. The van der Waals surface area contributed by atoms with Gasteiger partial charge in [-0.3, -0.25) is 9.59 Å². The average molecular weight is 450 g/mol. The predicted octanol–water partition coefficient (Wildman–Crippen LogP) is 3.92. The molecule has 0 saturated carbocycles. The SMILES string of the molecule is COc1ccccc1/C=C1/Oc2ccc(C(=O)NCCCN3CCC[C@H](C)C3)cc2NC1=O. The number of piperidine rings is 1. The summed E-state index contributed by atoms with van der Waals surface area (Å²) >= 11 is 0. The molecule has 4 rings (SSSR count). The Morgan fingerprint density at radius 2 is 2.15 bits per heavy atom. The summed E-state index contributed by atoms with van der Waals surface area (Å²) in [6, 6.07) is 12.4. The maximum Gasteiger partial charge on any atom is 0.291 e. The number of nitrogens with zero attached hydrogens (tertiary/aromatic N) is 1. The van der Waals surface area contributed by atoms with Crippen LogP contribution in [0.4, 0.5) is 5.69 Å². The standard InChI is InChI=1S/C26H31N3O4/c1-18-7-5-13-29(17-18)14-6-12-27-25(30)20-10-11-23-21(15-20)28-26(31)24(33-23)16-19-8-3-4-9-22(19)32-2/h3-4,8-11,15-16,18H,5-7,12-14,17H2,1-2H3,(H,27,30)(H,28,31)/b24-16+/t18-/m0/s1. The number of nitrogens with one attached hydrogen (secondary N) is 2. The molecule has 1 saturated heterocycles. The van der Waals surface area contributed by atoms with Crippen LogP contribution >= 0.6 is 0 Å². The molecule has 2 aliphatic heterocycles. The van der Waals surface area contributed by atoms with Crippen LogP contribution in [0, 0.1) is 5.92 Å². The highest BCUT2D eigenvalue weighted by molar-refractivity contribution is 6.09. The zero-order valence-electron chi connectivity index (χ0n) is 19.2. The summed E-state index contributed by atoms with van der Waals surface area (Å²) < 4.78 is 11.1. The number of ether oxygens (including phenoxy) is 2. The van der Waals surface area contributed by atoms with Crippen molar-refractivity contribution in [3.05, 3.63) is 59.4 Å². The molecular weight excluding hydrogens is 418 g/mol. The van der Waals surface area contributed by atoms with Crippen LogP contribution in [0.1, 0.15) is 42.1 Å². The molecule has 1 atom stereocenters. The Morgan fingerprint density at radius 3 is 2.97 bits per heavy atom. The van der Waals surface area contributed by atoms with Crippen molar-refractivity contribution in [1.82, 2.24) is 10.2 Å². The molecule has 2 aromatic rings. The van der Waals surface area contributed by atoms with Gasteiger partial charge < -0.3 is 25.0 Å². The molecule has 0 aliphatic carbocycles. The van der Waals surface area contributed by atoms with E-state index in [0.717, 1.165) is 37.5 Å². The molecule has 174 valence electrons. The molecule has 7 nitrogen and oxygen atoms in total. The van der Waals surface area contributed by atoms with E-state index >= 15 is 0 Å². The van der Waals surface area contributed by atoms with Gasteiger partial charge in [-0.1, -0.05) is 25.1 Å². The summed E-state index contributed by atoms with van der Waals surface area (Å²) in [7, 11) is 1.58. The van der Waals surface area contributed by atoms with Gasteiger partial charge in [0.2, 0.25) is 0 Å². The Bertz CT molecular complexity index is 1050. The number of hydrogen-bond donors (Lipinski definition) is 2. The maximum absolute atomic E-state index is 12.6. The summed E-state index contributed by atoms with van der Waals surface area (Å²) in [5, 5.41) is 5.80. The van der Waals surface area contributed by atoms with Crippen molar-refractivity contribution < 1.29 is 19.1 Å². The first-order valence-corrected chi connectivity index (χ1v) is 11.5. The minimum absolute atomic E-state index is 0.158. The Kier molecular flexibility index (Phi) is 7.29. The van der Waals surface area contributed by atoms with Crippen LogP contribution in [0.3, 0.4) is 0 Å².